The highest BCUT2D eigenvalue weighted by Gasteiger charge is 2.13. The smallest absolute Gasteiger partial charge is 0.343 e. The Bertz CT molecular complexity index is 1030. The number of hydrazone groups is 1. The van der Waals surface area contributed by atoms with E-state index >= 15 is 0 Å². The normalized spacial score (nSPS) is 10.6. The van der Waals surface area contributed by atoms with Crippen molar-refractivity contribution in [3.63, 3.8) is 0 Å². The molecular formula is C23H20N2O4. The molecule has 1 N–H and O–H groups in total. The van der Waals surface area contributed by atoms with Crippen LogP contribution in [0, 0.1) is 6.92 Å². The number of ether oxygens (including phenoxy) is 2. The summed E-state index contributed by atoms with van der Waals surface area (Å²) in [6, 6.07) is 20.9. The van der Waals surface area contributed by atoms with Crippen molar-refractivity contribution in [1.82, 2.24) is 5.43 Å². The second-order valence-corrected chi connectivity index (χ2v) is 6.23. The minimum absolute atomic E-state index is 0.261. The first-order valence-electron chi connectivity index (χ1n) is 8.92. The fraction of sp³-hybridized carbons (Fsp3) is 0.0870. The molecule has 1 amide bonds. The summed E-state index contributed by atoms with van der Waals surface area (Å²) in [5.41, 5.74) is 5.08. The number of hydrogen-bond donors (Lipinski definition) is 1. The van der Waals surface area contributed by atoms with Gasteiger partial charge >= 0.3 is 5.97 Å². The van der Waals surface area contributed by atoms with Gasteiger partial charge in [0, 0.05) is 5.56 Å². The predicted octanol–water partition coefficient (Wildman–Crippen LogP) is 3.99. The highest BCUT2D eigenvalue weighted by atomic mass is 16.6. The zero-order chi connectivity index (χ0) is 20.6. The number of aryl methyl sites for hydroxylation is 1. The van der Waals surface area contributed by atoms with Gasteiger partial charge in [-0.05, 0) is 55.0 Å². The van der Waals surface area contributed by atoms with Crippen LogP contribution >= 0.6 is 0 Å². The average molecular weight is 388 g/mol. The van der Waals surface area contributed by atoms with E-state index in [1.807, 2.05) is 25.1 Å². The Kier molecular flexibility index (Phi) is 6.37. The summed E-state index contributed by atoms with van der Waals surface area (Å²) in [6.07, 6.45) is 1.46. The first-order valence-corrected chi connectivity index (χ1v) is 8.92. The van der Waals surface area contributed by atoms with Crippen LogP contribution in [0.25, 0.3) is 0 Å². The molecule has 0 fully saturated rings. The number of esters is 1. The fourth-order valence-corrected chi connectivity index (χ4v) is 2.52. The minimum atomic E-state index is -0.491. The summed E-state index contributed by atoms with van der Waals surface area (Å²) in [5.74, 6) is -0.136. The van der Waals surface area contributed by atoms with Crippen molar-refractivity contribution in [3.8, 4) is 11.5 Å². The highest BCUT2D eigenvalue weighted by molar-refractivity contribution is 5.95. The summed E-state index contributed by atoms with van der Waals surface area (Å²) in [5, 5.41) is 3.96. The molecule has 0 aromatic heterocycles. The molecule has 0 spiro atoms. The molecule has 146 valence electrons. The first-order chi connectivity index (χ1) is 14.1. The molecular weight excluding hydrogens is 368 g/mol. The van der Waals surface area contributed by atoms with E-state index in [-0.39, 0.29) is 11.7 Å². The SMILES string of the molecule is COc1ccc(C=NNC(=O)c2ccccc2)cc1OC(=O)c1ccc(C)cc1. The zero-order valence-corrected chi connectivity index (χ0v) is 16.1. The molecule has 0 aliphatic carbocycles. The third kappa shape index (κ3) is 5.29. The van der Waals surface area contributed by atoms with Crippen LogP contribution in [0.3, 0.4) is 0 Å². The van der Waals surface area contributed by atoms with E-state index in [9.17, 15) is 9.59 Å². The quantitative estimate of drug-likeness (QED) is 0.300. The van der Waals surface area contributed by atoms with Gasteiger partial charge < -0.3 is 9.47 Å². The van der Waals surface area contributed by atoms with Gasteiger partial charge in [-0.3, -0.25) is 4.79 Å². The van der Waals surface area contributed by atoms with Gasteiger partial charge in [0.05, 0.1) is 18.9 Å². The molecule has 0 aliphatic rings. The molecule has 6 nitrogen and oxygen atoms in total. The van der Waals surface area contributed by atoms with E-state index < -0.39 is 5.97 Å². The Balaban J connectivity index is 1.72. The zero-order valence-electron chi connectivity index (χ0n) is 16.1. The number of nitrogens with zero attached hydrogens (tertiary/aromatic N) is 1. The number of carbonyl (C=O) groups is 2. The van der Waals surface area contributed by atoms with Crippen LogP contribution in [0.1, 0.15) is 31.8 Å². The van der Waals surface area contributed by atoms with Crippen LogP contribution in [0.15, 0.2) is 77.9 Å². The van der Waals surface area contributed by atoms with Crippen molar-refractivity contribution in [3.05, 3.63) is 95.1 Å². The van der Waals surface area contributed by atoms with E-state index in [1.165, 1.54) is 13.3 Å². The van der Waals surface area contributed by atoms with Gasteiger partial charge in [-0.15, -0.1) is 0 Å². The summed E-state index contributed by atoms with van der Waals surface area (Å²) < 4.78 is 10.8. The second-order valence-electron chi connectivity index (χ2n) is 6.23. The van der Waals surface area contributed by atoms with Crippen LogP contribution in [0.2, 0.25) is 0 Å². The Morgan fingerprint density at radius 2 is 1.62 bits per heavy atom. The van der Waals surface area contributed by atoms with Crippen molar-refractivity contribution < 1.29 is 19.1 Å². The maximum Gasteiger partial charge on any atom is 0.343 e. The molecule has 0 atom stereocenters. The molecule has 0 saturated carbocycles. The monoisotopic (exact) mass is 388 g/mol. The molecule has 3 aromatic rings. The largest absolute Gasteiger partial charge is 0.493 e. The second kappa shape index (κ2) is 9.32. The lowest BCUT2D eigenvalue weighted by molar-refractivity contribution is 0.0729. The van der Waals surface area contributed by atoms with E-state index in [0.717, 1.165) is 5.56 Å². The van der Waals surface area contributed by atoms with Crippen LogP contribution in [0.5, 0.6) is 11.5 Å². The minimum Gasteiger partial charge on any atom is -0.493 e. The lowest BCUT2D eigenvalue weighted by Gasteiger charge is -2.10. The Morgan fingerprint density at radius 3 is 2.31 bits per heavy atom. The van der Waals surface area contributed by atoms with Crippen molar-refractivity contribution in [2.24, 2.45) is 5.10 Å². The molecule has 0 radical (unpaired) electrons. The first kappa shape index (κ1) is 19.8. The van der Waals surface area contributed by atoms with Crippen LogP contribution in [0.4, 0.5) is 0 Å². The number of nitrogens with one attached hydrogen (secondary N) is 1. The van der Waals surface area contributed by atoms with Crippen LogP contribution in [-0.2, 0) is 0 Å². The van der Waals surface area contributed by atoms with E-state index in [1.54, 1.807) is 54.6 Å². The number of amides is 1. The molecule has 0 unspecified atom stereocenters. The fourth-order valence-electron chi connectivity index (χ4n) is 2.52. The lowest BCUT2D eigenvalue weighted by atomic mass is 10.1. The molecule has 29 heavy (non-hydrogen) atoms. The highest BCUT2D eigenvalue weighted by Crippen LogP contribution is 2.28. The third-order valence-electron chi connectivity index (χ3n) is 4.09. The molecule has 3 aromatic carbocycles. The van der Waals surface area contributed by atoms with Crippen molar-refractivity contribution >= 4 is 18.1 Å². The Labute approximate surface area is 168 Å². The molecule has 6 heteroatoms. The predicted molar refractivity (Wildman–Crippen MR) is 111 cm³/mol. The summed E-state index contributed by atoms with van der Waals surface area (Å²) in [4.78, 5) is 24.4. The lowest BCUT2D eigenvalue weighted by Crippen LogP contribution is -2.17. The van der Waals surface area contributed by atoms with Crippen LogP contribution in [-0.4, -0.2) is 25.2 Å². The molecule has 0 heterocycles. The summed E-state index contributed by atoms with van der Waals surface area (Å²) >= 11 is 0. The Morgan fingerprint density at radius 1 is 0.897 bits per heavy atom. The Hall–Kier alpha value is -3.93. The third-order valence-corrected chi connectivity index (χ3v) is 4.09. The maximum atomic E-state index is 12.4. The van der Waals surface area contributed by atoms with Gasteiger partial charge in [-0.2, -0.15) is 5.10 Å². The molecule has 0 aliphatic heterocycles. The van der Waals surface area contributed by atoms with Gasteiger partial charge in [-0.25, -0.2) is 10.2 Å². The standard InChI is InChI=1S/C23H20N2O4/c1-16-8-11-19(12-9-16)23(27)29-21-14-17(10-13-20(21)28-2)15-24-25-22(26)18-6-4-3-5-7-18/h3-15H,1-2H3,(H,25,26). The van der Waals surface area contributed by atoms with E-state index in [0.29, 0.717) is 22.4 Å². The topological polar surface area (TPSA) is 77.0 Å². The van der Waals surface area contributed by atoms with Crippen molar-refractivity contribution in [1.29, 1.82) is 0 Å². The van der Waals surface area contributed by atoms with Gasteiger partial charge in [0.15, 0.2) is 11.5 Å². The maximum absolute atomic E-state index is 12.4. The van der Waals surface area contributed by atoms with E-state index in [4.69, 9.17) is 9.47 Å². The van der Waals surface area contributed by atoms with Crippen LogP contribution < -0.4 is 14.9 Å². The number of hydrogen-bond acceptors (Lipinski definition) is 5. The number of methoxy groups -OCH3 is 1. The molecule has 0 saturated heterocycles. The average Bonchev–Trinajstić information content (AvgIpc) is 2.75. The van der Waals surface area contributed by atoms with Gasteiger partial charge in [0.2, 0.25) is 0 Å². The van der Waals surface area contributed by atoms with Gasteiger partial charge in [0.1, 0.15) is 0 Å². The number of benzene rings is 3. The van der Waals surface area contributed by atoms with E-state index in [2.05, 4.69) is 10.5 Å². The van der Waals surface area contributed by atoms with Gasteiger partial charge in [-0.1, -0.05) is 35.9 Å². The number of rotatable bonds is 6. The van der Waals surface area contributed by atoms with Crippen molar-refractivity contribution in [2.45, 2.75) is 6.92 Å². The molecule has 3 rings (SSSR count). The van der Waals surface area contributed by atoms with Gasteiger partial charge in [0.25, 0.3) is 5.91 Å². The summed E-state index contributed by atoms with van der Waals surface area (Å²) in [7, 11) is 1.49. The summed E-state index contributed by atoms with van der Waals surface area (Å²) in [6.45, 7) is 1.94. The number of carbonyl (C=O) groups excluding carboxylic acids is 2. The van der Waals surface area contributed by atoms with Crippen molar-refractivity contribution in [2.75, 3.05) is 7.11 Å². The molecule has 0 bridgehead atoms.